The molecule has 258 valence electrons. The average Bonchev–Trinajstić information content (AvgIpc) is 2.94. The second kappa shape index (κ2) is 37.4. The van der Waals surface area contributed by atoms with Crippen LogP contribution >= 0.6 is 0 Å². The number of aliphatic hydroxyl groups is 16. The van der Waals surface area contributed by atoms with Gasteiger partial charge >= 0.3 is 0 Å². The Labute approximate surface area is 243 Å². The summed E-state index contributed by atoms with van der Waals surface area (Å²) in [6.45, 7) is 10.1. The summed E-state index contributed by atoms with van der Waals surface area (Å²) in [5, 5.41) is 136. The maximum Gasteiger partial charge on any atom is 0.110 e. The van der Waals surface area contributed by atoms with Gasteiger partial charge < -0.3 is 81.7 Å². The largest absolute Gasteiger partial charge is 0.397 e. The highest BCUT2D eigenvalue weighted by atomic mass is 16.4. The summed E-state index contributed by atoms with van der Waals surface area (Å²) < 4.78 is 0. The third-order valence-electron chi connectivity index (χ3n) is 4.12. The fraction of sp³-hybridized carbons (Fsp3) is 1.00. The topological polar surface area (TPSA) is 324 Å². The number of rotatable bonds is 12. The molecular formula is C25H62O16. The van der Waals surface area contributed by atoms with Gasteiger partial charge in [0.2, 0.25) is 0 Å². The molecule has 0 amide bonds. The minimum Gasteiger partial charge on any atom is -0.397 e. The van der Waals surface area contributed by atoms with Crippen molar-refractivity contribution in [3.63, 3.8) is 0 Å². The van der Waals surface area contributed by atoms with E-state index in [2.05, 4.69) is 0 Å². The Balaban J connectivity index is -0.0000000963. The van der Waals surface area contributed by atoms with Gasteiger partial charge in [-0.1, -0.05) is 13.8 Å². The molecule has 0 aliphatic rings. The smallest absolute Gasteiger partial charge is 0.110 e. The molecule has 0 radical (unpaired) electrons. The summed E-state index contributed by atoms with van der Waals surface area (Å²) in [6, 6.07) is 0. The standard InChI is InChI=1S/C7H16O5.C6H14O5.C4H10O2.C3H8O2.C3H8O.C2H6O/c1-2-4(9)6(11)7(12)5(10)3-8;1-3(8)5(10)6(11)4(9)2-7;1-2-4(6)3-5;1-3(5)2-4;1-3(2)4;1-2-3/h4-12H,2-3H2,1H3;3-11H,2H2,1H3;4-6H,2-3H2,1H3;3-5H,2H2,1H3;3-4H,1-2H3;3H,2H2,1H3. The molecule has 0 spiro atoms. The molecule has 41 heavy (non-hydrogen) atoms. The van der Waals surface area contributed by atoms with Crippen LogP contribution in [0.25, 0.3) is 0 Å². The predicted octanol–water partition coefficient (Wildman–Crippen LogP) is -5.23. The molecule has 0 saturated heterocycles. The fourth-order valence-electron chi connectivity index (χ4n) is 1.55. The van der Waals surface area contributed by atoms with E-state index < -0.39 is 74.3 Å². The van der Waals surface area contributed by atoms with Gasteiger partial charge in [0.1, 0.15) is 36.6 Å². The third kappa shape index (κ3) is 43.9. The Hall–Kier alpha value is -0.640. The highest BCUT2D eigenvalue weighted by molar-refractivity contribution is 4.79. The van der Waals surface area contributed by atoms with Gasteiger partial charge in [0.05, 0.1) is 50.8 Å². The Morgan fingerprint density at radius 2 is 0.683 bits per heavy atom. The van der Waals surface area contributed by atoms with Crippen molar-refractivity contribution in [2.75, 3.05) is 33.0 Å². The van der Waals surface area contributed by atoms with Crippen molar-refractivity contribution in [3.05, 3.63) is 0 Å². The summed E-state index contributed by atoms with van der Waals surface area (Å²) in [4.78, 5) is 0. The van der Waals surface area contributed by atoms with Crippen molar-refractivity contribution in [1.82, 2.24) is 0 Å². The van der Waals surface area contributed by atoms with Crippen LogP contribution in [0.3, 0.4) is 0 Å². The molecule has 0 aliphatic carbocycles. The Morgan fingerprint density at radius 1 is 0.415 bits per heavy atom. The summed E-state index contributed by atoms with van der Waals surface area (Å²) in [5.74, 6) is 0. The highest BCUT2D eigenvalue weighted by Gasteiger charge is 2.29. The van der Waals surface area contributed by atoms with Crippen LogP contribution in [-0.4, -0.2) is 182 Å². The van der Waals surface area contributed by atoms with Crippen molar-refractivity contribution in [1.29, 1.82) is 0 Å². The van der Waals surface area contributed by atoms with E-state index in [4.69, 9.17) is 81.7 Å². The quantitative estimate of drug-likeness (QED) is 0.0971. The molecular weight excluding hydrogens is 556 g/mol. The van der Waals surface area contributed by atoms with Gasteiger partial charge in [-0.15, -0.1) is 0 Å². The summed E-state index contributed by atoms with van der Waals surface area (Å²) in [6.07, 6.45) is -11.3. The van der Waals surface area contributed by atoms with E-state index in [1.165, 1.54) is 13.8 Å². The first-order chi connectivity index (χ1) is 18.8. The van der Waals surface area contributed by atoms with E-state index in [1.807, 2.05) is 6.92 Å². The van der Waals surface area contributed by atoms with Gasteiger partial charge in [0.15, 0.2) is 0 Å². The maximum atomic E-state index is 9.12. The first-order valence-electron chi connectivity index (χ1n) is 13.3. The minimum absolute atomic E-state index is 0.115. The normalized spacial score (nSPS) is 17.6. The molecule has 0 aromatic heterocycles. The molecule has 0 fully saturated rings. The van der Waals surface area contributed by atoms with Crippen molar-refractivity contribution >= 4 is 0 Å². The molecule has 16 nitrogen and oxygen atoms in total. The number of hydrogen-bond acceptors (Lipinski definition) is 16. The minimum atomic E-state index is -1.51. The third-order valence-corrected chi connectivity index (χ3v) is 4.12. The zero-order valence-corrected chi connectivity index (χ0v) is 25.5. The molecule has 0 bridgehead atoms. The van der Waals surface area contributed by atoms with Gasteiger partial charge in [-0.05, 0) is 47.5 Å². The van der Waals surface area contributed by atoms with Crippen LogP contribution in [-0.2, 0) is 0 Å². The van der Waals surface area contributed by atoms with E-state index in [1.54, 1.807) is 27.7 Å². The van der Waals surface area contributed by atoms with Gasteiger partial charge in [-0.3, -0.25) is 0 Å². The lowest BCUT2D eigenvalue weighted by atomic mass is 10.0. The van der Waals surface area contributed by atoms with Crippen LogP contribution in [0.5, 0.6) is 0 Å². The molecule has 0 heterocycles. The van der Waals surface area contributed by atoms with Crippen LogP contribution in [0, 0.1) is 0 Å². The molecule has 10 unspecified atom stereocenters. The Bertz CT molecular complexity index is 439. The van der Waals surface area contributed by atoms with E-state index in [0.29, 0.717) is 6.42 Å². The molecule has 0 aliphatic heterocycles. The predicted molar refractivity (Wildman–Crippen MR) is 150 cm³/mol. The SMILES string of the molecule is CC(C)O.CC(O)C(O)C(O)C(O)CO.CC(O)CO.CCC(O)C(O)C(O)C(O)CO.CCC(O)CO.CCO. The van der Waals surface area contributed by atoms with Crippen LogP contribution < -0.4 is 0 Å². The van der Waals surface area contributed by atoms with Crippen LogP contribution in [0.4, 0.5) is 0 Å². The van der Waals surface area contributed by atoms with Crippen LogP contribution in [0.2, 0.25) is 0 Å². The van der Waals surface area contributed by atoms with Crippen molar-refractivity contribution in [3.8, 4) is 0 Å². The lowest BCUT2D eigenvalue weighted by molar-refractivity contribution is -0.115. The zero-order valence-electron chi connectivity index (χ0n) is 25.5. The Morgan fingerprint density at radius 3 is 0.829 bits per heavy atom. The van der Waals surface area contributed by atoms with Crippen molar-refractivity contribution in [2.45, 2.75) is 128 Å². The summed E-state index contributed by atoms with van der Waals surface area (Å²) >= 11 is 0. The fourth-order valence-corrected chi connectivity index (χ4v) is 1.55. The zero-order chi connectivity index (χ0) is 34.3. The Kier molecular flexibility index (Phi) is 48.3. The van der Waals surface area contributed by atoms with E-state index in [0.717, 1.165) is 0 Å². The number of hydrogen-bond donors (Lipinski definition) is 16. The van der Waals surface area contributed by atoms with Crippen molar-refractivity contribution < 1.29 is 81.7 Å². The van der Waals surface area contributed by atoms with Gasteiger partial charge in [-0.2, -0.15) is 0 Å². The maximum absolute atomic E-state index is 9.12. The van der Waals surface area contributed by atoms with Gasteiger partial charge in [0.25, 0.3) is 0 Å². The molecule has 0 aromatic carbocycles. The van der Waals surface area contributed by atoms with E-state index in [9.17, 15) is 0 Å². The average molecular weight is 619 g/mol. The van der Waals surface area contributed by atoms with E-state index in [-0.39, 0.29) is 32.3 Å². The summed E-state index contributed by atoms with van der Waals surface area (Å²) in [7, 11) is 0. The summed E-state index contributed by atoms with van der Waals surface area (Å²) in [5.41, 5.74) is 0. The van der Waals surface area contributed by atoms with Crippen LogP contribution in [0.15, 0.2) is 0 Å². The van der Waals surface area contributed by atoms with Gasteiger partial charge in [0, 0.05) is 12.7 Å². The molecule has 16 N–H and O–H groups in total. The van der Waals surface area contributed by atoms with E-state index >= 15 is 0 Å². The first-order valence-corrected chi connectivity index (χ1v) is 13.3. The lowest BCUT2D eigenvalue weighted by Gasteiger charge is -2.24. The molecule has 0 rings (SSSR count). The highest BCUT2D eigenvalue weighted by Crippen LogP contribution is 2.07. The van der Waals surface area contributed by atoms with Crippen LogP contribution in [0.1, 0.15) is 61.3 Å². The molecule has 16 heteroatoms. The number of aliphatic hydroxyl groups excluding tert-OH is 16. The second-order valence-electron chi connectivity index (χ2n) is 8.86. The lowest BCUT2D eigenvalue weighted by Crippen LogP contribution is -2.45. The molecule has 10 atom stereocenters. The molecule has 0 aromatic rings. The second-order valence-corrected chi connectivity index (χ2v) is 8.86. The first kappa shape index (κ1) is 53.0. The monoisotopic (exact) mass is 618 g/mol. The van der Waals surface area contributed by atoms with Gasteiger partial charge in [-0.25, -0.2) is 0 Å². The van der Waals surface area contributed by atoms with Crippen molar-refractivity contribution in [2.24, 2.45) is 0 Å². The molecule has 0 saturated carbocycles.